The number of carbonyl (C=O) groups is 1. The van der Waals surface area contributed by atoms with Gasteiger partial charge >= 0.3 is 5.97 Å². The zero-order valence-electron chi connectivity index (χ0n) is 26.3. The fraction of sp³-hybridized carbons (Fsp3) is 0.216. The first kappa shape index (κ1) is 30.9. The minimum atomic E-state index is -0.730. The number of benzene rings is 4. The molecule has 0 spiro atoms. The Bertz CT molecular complexity index is 2170. The molecule has 0 fully saturated rings. The summed E-state index contributed by atoms with van der Waals surface area (Å²) in [6, 6.07) is 24.9. The number of hydrogen-bond donors (Lipinski definition) is 0. The molecule has 2 heterocycles. The van der Waals surface area contributed by atoms with Crippen molar-refractivity contribution in [3.63, 3.8) is 0 Å². The van der Waals surface area contributed by atoms with Crippen LogP contribution < -0.4 is 29.1 Å². The number of allylic oxidation sites excluding steroid dienone is 1. The highest BCUT2D eigenvalue weighted by atomic mass is 32.1. The van der Waals surface area contributed by atoms with Crippen LogP contribution in [0.4, 0.5) is 0 Å². The summed E-state index contributed by atoms with van der Waals surface area (Å²) >= 11 is 1.26. The van der Waals surface area contributed by atoms with Crippen molar-refractivity contribution in [2.45, 2.75) is 33.4 Å². The Hall–Kier alpha value is -5.15. The Balaban J connectivity index is 1.38. The van der Waals surface area contributed by atoms with E-state index in [1.807, 2.05) is 61.5 Å². The SMILES string of the molecule is CCOC(=O)C1=C(C)N=c2s/c(=C/c3ccc(OCc4cccc5ccccc45)c(OC)c3)c(=O)n2[C@H]1c1ccc(C)c(OC)c1. The van der Waals surface area contributed by atoms with Gasteiger partial charge in [0.2, 0.25) is 0 Å². The van der Waals surface area contributed by atoms with Gasteiger partial charge in [-0.15, -0.1) is 0 Å². The molecule has 234 valence electrons. The van der Waals surface area contributed by atoms with Gasteiger partial charge in [-0.05, 0) is 78.1 Å². The van der Waals surface area contributed by atoms with Crippen LogP contribution in [0.15, 0.2) is 99.9 Å². The highest BCUT2D eigenvalue weighted by Gasteiger charge is 2.33. The largest absolute Gasteiger partial charge is 0.496 e. The van der Waals surface area contributed by atoms with E-state index in [1.54, 1.807) is 38.7 Å². The molecule has 8 nitrogen and oxygen atoms in total. The number of nitrogens with zero attached hydrogens (tertiary/aromatic N) is 2. The van der Waals surface area contributed by atoms with Gasteiger partial charge in [-0.25, -0.2) is 9.79 Å². The zero-order valence-corrected chi connectivity index (χ0v) is 27.1. The number of rotatable bonds is 9. The Morgan fingerprint density at radius 1 is 0.935 bits per heavy atom. The number of methoxy groups -OCH3 is 2. The highest BCUT2D eigenvalue weighted by molar-refractivity contribution is 7.07. The predicted octanol–water partition coefficient (Wildman–Crippen LogP) is 5.86. The number of aryl methyl sites for hydroxylation is 1. The number of carbonyl (C=O) groups excluding carboxylic acids is 1. The molecule has 1 atom stereocenters. The lowest BCUT2D eigenvalue weighted by atomic mass is 9.95. The quantitative estimate of drug-likeness (QED) is 0.189. The molecule has 0 unspecified atom stereocenters. The number of esters is 1. The second kappa shape index (κ2) is 13.1. The highest BCUT2D eigenvalue weighted by Crippen LogP contribution is 2.34. The molecule has 0 saturated carbocycles. The maximum atomic E-state index is 14.1. The van der Waals surface area contributed by atoms with Crippen molar-refractivity contribution < 1.29 is 23.7 Å². The molecular formula is C37H34N2O6S. The Labute approximate surface area is 270 Å². The predicted molar refractivity (Wildman–Crippen MR) is 179 cm³/mol. The molecule has 46 heavy (non-hydrogen) atoms. The van der Waals surface area contributed by atoms with E-state index in [1.165, 1.54) is 11.3 Å². The zero-order chi connectivity index (χ0) is 32.4. The van der Waals surface area contributed by atoms with E-state index in [0.29, 0.717) is 44.5 Å². The first-order valence-electron chi connectivity index (χ1n) is 14.9. The molecule has 1 aromatic heterocycles. The van der Waals surface area contributed by atoms with Gasteiger partial charge in [-0.3, -0.25) is 9.36 Å². The summed E-state index contributed by atoms with van der Waals surface area (Å²) in [6.45, 7) is 6.04. The van der Waals surface area contributed by atoms with E-state index in [0.717, 1.165) is 33.0 Å². The molecule has 0 aliphatic carbocycles. The van der Waals surface area contributed by atoms with Crippen molar-refractivity contribution in [1.29, 1.82) is 0 Å². The molecule has 4 aromatic carbocycles. The van der Waals surface area contributed by atoms with Crippen LogP contribution in [0.1, 0.15) is 42.1 Å². The molecule has 9 heteroatoms. The van der Waals surface area contributed by atoms with Crippen molar-refractivity contribution in [3.05, 3.63) is 132 Å². The Kier molecular flexibility index (Phi) is 8.76. The van der Waals surface area contributed by atoms with E-state index >= 15 is 0 Å². The van der Waals surface area contributed by atoms with Gasteiger partial charge in [-0.1, -0.05) is 72.0 Å². The van der Waals surface area contributed by atoms with Crippen LogP contribution in [0.3, 0.4) is 0 Å². The Morgan fingerprint density at radius 2 is 1.72 bits per heavy atom. The monoisotopic (exact) mass is 634 g/mol. The average Bonchev–Trinajstić information content (AvgIpc) is 3.37. The standard InChI is InChI=1S/C37H34N2O6S/c1-6-44-36(41)33-23(3)38-37-39(34(33)26-16-14-22(2)30(20-26)42-4)35(40)32(46-37)19-24-15-17-29(31(18-24)43-5)45-21-27-12-9-11-25-10-7-8-13-28(25)27/h7-20,34H,6,21H2,1-5H3/b32-19+/t34-/m0/s1. The van der Waals surface area contributed by atoms with Crippen LogP contribution >= 0.6 is 11.3 Å². The van der Waals surface area contributed by atoms with E-state index < -0.39 is 12.0 Å². The summed E-state index contributed by atoms with van der Waals surface area (Å²) in [7, 11) is 3.19. The van der Waals surface area contributed by atoms with Gasteiger partial charge in [0.15, 0.2) is 16.3 Å². The fourth-order valence-corrected chi connectivity index (χ4v) is 6.78. The second-order valence-corrected chi connectivity index (χ2v) is 11.9. The van der Waals surface area contributed by atoms with Crippen molar-refractivity contribution in [1.82, 2.24) is 4.57 Å². The van der Waals surface area contributed by atoms with Crippen LogP contribution in [0.25, 0.3) is 16.8 Å². The molecule has 1 aliphatic rings. The van der Waals surface area contributed by atoms with Crippen LogP contribution in [0.5, 0.6) is 17.2 Å². The molecule has 0 N–H and O–H groups in total. The number of aromatic nitrogens is 1. The lowest BCUT2D eigenvalue weighted by molar-refractivity contribution is -0.139. The number of fused-ring (bicyclic) bond motifs is 2. The first-order valence-corrected chi connectivity index (χ1v) is 15.8. The van der Waals surface area contributed by atoms with Crippen molar-refractivity contribution in [3.8, 4) is 17.2 Å². The summed E-state index contributed by atoms with van der Waals surface area (Å²) in [5, 5.41) is 2.29. The van der Waals surface area contributed by atoms with Crippen LogP contribution in [-0.4, -0.2) is 31.4 Å². The topological polar surface area (TPSA) is 88.4 Å². The smallest absolute Gasteiger partial charge is 0.338 e. The average molecular weight is 635 g/mol. The third-order valence-corrected chi connectivity index (χ3v) is 9.00. The summed E-state index contributed by atoms with van der Waals surface area (Å²) in [4.78, 5) is 32.5. The summed E-state index contributed by atoms with van der Waals surface area (Å²) in [5.41, 5.74) is 4.06. The van der Waals surface area contributed by atoms with Gasteiger partial charge in [-0.2, -0.15) is 0 Å². The lowest BCUT2D eigenvalue weighted by Gasteiger charge is -2.25. The van der Waals surface area contributed by atoms with Gasteiger partial charge in [0.1, 0.15) is 12.4 Å². The van der Waals surface area contributed by atoms with E-state index in [9.17, 15) is 9.59 Å². The first-order chi connectivity index (χ1) is 22.3. The third-order valence-electron chi connectivity index (χ3n) is 8.01. The molecule has 0 saturated heterocycles. The van der Waals surface area contributed by atoms with Crippen molar-refractivity contribution >= 4 is 34.2 Å². The molecule has 0 radical (unpaired) electrons. The Morgan fingerprint density at radius 3 is 2.50 bits per heavy atom. The number of thiazole rings is 1. The van der Waals surface area contributed by atoms with Crippen LogP contribution in [0.2, 0.25) is 0 Å². The van der Waals surface area contributed by atoms with Crippen molar-refractivity contribution in [2.24, 2.45) is 4.99 Å². The summed E-state index contributed by atoms with van der Waals surface area (Å²) in [6.07, 6.45) is 1.80. The molecular weight excluding hydrogens is 600 g/mol. The maximum absolute atomic E-state index is 14.1. The maximum Gasteiger partial charge on any atom is 0.338 e. The molecule has 0 amide bonds. The lowest BCUT2D eigenvalue weighted by Crippen LogP contribution is -2.40. The van der Waals surface area contributed by atoms with Gasteiger partial charge in [0, 0.05) is 0 Å². The third kappa shape index (κ3) is 5.81. The molecule has 0 bridgehead atoms. The van der Waals surface area contributed by atoms with Gasteiger partial charge < -0.3 is 18.9 Å². The fourth-order valence-electron chi connectivity index (χ4n) is 5.73. The van der Waals surface area contributed by atoms with E-state index in [-0.39, 0.29) is 12.2 Å². The molecule has 1 aliphatic heterocycles. The summed E-state index contributed by atoms with van der Waals surface area (Å²) in [5.74, 6) is 1.29. The van der Waals surface area contributed by atoms with Crippen LogP contribution in [-0.2, 0) is 16.1 Å². The van der Waals surface area contributed by atoms with Crippen molar-refractivity contribution in [2.75, 3.05) is 20.8 Å². The normalized spacial score (nSPS) is 14.5. The minimum Gasteiger partial charge on any atom is -0.496 e. The number of ether oxygens (including phenoxy) is 4. The van der Waals surface area contributed by atoms with Gasteiger partial charge in [0.05, 0.1) is 42.7 Å². The second-order valence-electron chi connectivity index (χ2n) is 10.9. The minimum absolute atomic E-state index is 0.202. The van der Waals surface area contributed by atoms with Gasteiger partial charge in [0.25, 0.3) is 5.56 Å². The molecule has 6 rings (SSSR count). The molecule has 5 aromatic rings. The van der Waals surface area contributed by atoms with E-state index in [4.69, 9.17) is 18.9 Å². The van der Waals surface area contributed by atoms with Crippen LogP contribution in [0, 0.1) is 6.92 Å². The summed E-state index contributed by atoms with van der Waals surface area (Å²) < 4.78 is 24.9. The van der Waals surface area contributed by atoms with E-state index in [2.05, 4.69) is 29.3 Å². The number of hydrogen-bond acceptors (Lipinski definition) is 8.